The van der Waals surface area contributed by atoms with Crippen molar-refractivity contribution in [1.82, 2.24) is 10.2 Å². The van der Waals surface area contributed by atoms with Gasteiger partial charge in [0.15, 0.2) is 0 Å². The summed E-state index contributed by atoms with van der Waals surface area (Å²) in [5.41, 5.74) is 2.19. The van der Waals surface area contributed by atoms with Crippen LogP contribution in [0.4, 0.5) is 4.39 Å². The number of aliphatic hydroxyl groups excluding tert-OH is 1. The first-order chi connectivity index (χ1) is 14.5. The molecule has 1 saturated heterocycles. The molecule has 1 aromatic heterocycles. The Labute approximate surface area is 177 Å². The van der Waals surface area contributed by atoms with E-state index < -0.39 is 6.10 Å². The predicted octanol–water partition coefficient (Wildman–Crippen LogP) is 3.77. The van der Waals surface area contributed by atoms with E-state index >= 15 is 0 Å². The zero-order valence-corrected chi connectivity index (χ0v) is 16.9. The second kappa shape index (κ2) is 8.77. The lowest BCUT2D eigenvalue weighted by Crippen LogP contribution is -2.31. The third-order valence-electron chi connectivity index (χ3n) is 5.19. The third-order valence-corrected chi connectivity index (χ3v) is 6.06. The topological polar surface area (TPSA) is 69.6 Å². The van der Waals surface area contributed by atoms with Crippen LogP contribution in [-0.4, -0.2) is 34.5 Å². The van der Waals surface area contributed by atoms with E-state index in [4.69, 9.17) is 0 Å². The molecule has 4 rings (SSSR count). The second-order valence-corrected chi connectivity index (χ2v) is 8.22. The van der Waals surface area contributed by atoms with E-state index in [-0.39, 0.29) is 30.2 Å². The van der Waals surface area contributed by atoms with E-state index in [1.165, 1.54) is 23.5 Å². The Morgan fingerprint density at radius 1 is 1.10 bits per heavy atom. The lowest BCUT2D eigenvalue weighted by atomic mass is 10.0. The van der Waals surface area contributed by atoms with Crippen molar-refractivity contribution in [3.05, 3.63) is 93.4 Å². The minimum absolute atomic E-state index is 0.127. The van der Waals surface area contributed by atoms with Gasteiger partial charge in [-0.1, -0.05) is 30.3 Å². The molecule has 2 atom stereocenters. The summed E-state index contributed by atoms with van der Waals surface area (Å²) >= 11 is 1.38. The molecule has 7 heteroatoms. The molecule has 0 unspecified atom stereocenters. The Morgan fingerprint density at radius 2 is 1.83 bits per heavy atom. The van der Waals surface area contributed by atoms with Crippen molar-refractivity contribution in [2.45, 2.75) is 25.1 Å². The number of hydrogen-bond acceptors (Lipinski definition) is 4. The Morgan fingerprint density at radius 3 is 2.50 bits per heavy atom. The van der Waals surface area contributed by atoms with Gasteiger partial charge in [-0.2, -0.15) is 0 Å². The number of β-amino-alcohol motifs (C(OH)–C–C–N with tert-alkyl or cyclic N) is 1. The molecular weight excluding hydrogens is 403 g/mol. The first-order valence-corrected chi connectivity index (χ1v) is 10.5. The van der Waals surface area contributed by atoms with Gasteiger partial charge in [-0.25, -0.2) is 4.39 Å². The maximum absolute atomic E-state index is 13.2. The third kappa shape index (κ3) is 4.42. The molecule has 0 aliphatic carbocycles. The highest BCUT2D eigenvalue weighted by Gasteiger charge is 2.35. The number of aliphatic hydroxyl groups is 1. The molecule has 3 aromatic rings. The Kier molecular flexibility index (Phi) is 5.92. The minimum Gasteiger partial charge on any atom is -0.391 e. The summed E-state index contributed by atoms with van der Waals surface area (Å²) < 4.78 is 13.2. The predicted molar refractivity (Wildman–Crippen MR) is 113 cm³/mol. The van der Waals surface area contributed by atoms with Crippen LogP contribution in [0, 0.1) is 5.82 Å². The van der Waals surface area contributed by atoms with Crippen LogP contribution in [0.5, 0.6) is 0 Å². The molecule has 1 aliphatic rings. The molecular formula is C23H21FN2O3S. The summed E-state index contributed by atoms with van der Waals surface area (Å²) in [6, 6.07) is 16.4. The van der Waals surface area contributed by atoms with Crippen molar-refractivity contribution >= 4 is 23.2 Å². The number of halogens is 1. The van der Waals surface area contributed by atoms with Gasteiger partial charge in [-0.05, 0) is 53.3 Å². The number of rotatable bonds is 5. The molecule has 0 saturated carbocycles. The summed E-state index contributed by atoms with van der Waals surface area (Å²) in [4.78, 5) is 27.4. The van der Waals surface area contributed by atoms with Crippen LogP contribution in [0.25, 0.3) is 0 Å². The van der Waals surface area contributed by atoms with Gasteiger partial charge in [0, 0.05) is 18.7 Å². The maximum Gasteiger partial charge on any atom is 0.261 e. The monoisotopic (exact) mass is 424 g/mol. The van der Waals surface area contributed by atoms with Gasteiger partial charge in [0.05, 0.1) is 17.0 Å². The number of thiophene rings is 1. The van der Waals surface area contributed by atoms with E-state index in [2.05, 4.69) is 5.32 Å². The minimum atomic E-state index is -0.615. The van der Waals surface area contributed by atoms with E-state index in [1.54, 1.807) is 47.4 Å². The smallest absolute Gasteiger partial charge is 0.261 e. The fraction of sp³-hybridized carbons (Fsp3) is 0.217. The van der Waals surface area contributed by atoms with E-state index in [0.29, 0.717) is 23.4 Å². The fourth-order valence-electron chi connectivity index (χ4n) is 3.65. The number of carbonyl (C=O) groups excluding carboxylic acids is 2. The lowest BCUT2D eigenvalue weighted by molar-refractivity contribution is 0.0715. The largest absolute Gasteiger partial charge is 0.391 e. The molecule has 1 aliphatic heterocycles. The highest BCUT2D eigenvalue weighted by atomic mass is 32.1. The molecule has 30 heavy (non-hydrogen) atoms. The van der Waals surface area contributed by atoms with Crippen LogP contribution in [0.1, 0.15) is 43.6 Å². The van der Waals surface area contributed by atoms with E-state index in [1.807, 2.05) is 11.4 Å². The standard InChI is InChI=1S/C23H21FN2O3S/c24-18-9-7-16(8-10-18)20-12-19(27)14-26(20)23(29)17-5-3-15(4-6-17)13-25-22(28)21-2-1-11-30-21/h1-11,19-20,27H,12-14H2,(H,25,28)/t19-,20+/m1/s1. The molecule has 0 bridgehead atoms. The highest BCUT2D eigenvalue weighted by molar-refractivity contribution is 7.12. The zero-order chi connectivity index (χ0) is 21.1. The van der Waals surface area contributed by atoms with Crippen molar-refractivity contribution < 1.29 is 19.1 Å². The van der Waals surface area contributed by atoms with Crippen LogP contribution >= 0.6 is 11.3 Å². The van der Waals surface area contributed by atoms with Crippen LogP contribution in [0.2, 0.25) is 0 Å². The quantitative estimate of drug-likeness (QED) is 0.655. The SMILES string of the molecule is O=C(NCc1ccc(C(=O)N2C[C@H](O)C[C@H]2c2ccc(F)cc2)cc1)c1cccs1. The molecule has 0 radical (unpaired) electrons. The molecule has 0 spiro atoms. The van der Waals surface area contributed by atoms with Crippen molar-refractivity contribution in [1.29, 1.82) is 0 Å². The molecule has 2 N–H and O–H groups in total. The number of amides is 2. The molecule has 154 valence electrons. The van der Waals surface area contributed by atoms with Gasteiger partial charge < -0.3 is 15.3 Å². The van der Waals surface area contributed by atoms with E-state index in [0.717, 1.165) is 11.1 Å². The van der Waals surface area contributed by atoms with Crippen molar-refractivity contribution in [3.8, 4) is 0 Å². The van der Waals surface area contributed by atoms with Gasteiger partial charge >= 0.3 is 0 Å². The Hall–Kier alpha value is -3.03. The first kappa shape index (κ1) is 20.3. The molecule has 2 amide bonds. The van der Waals surface area contributed by atoms with Crippen molar-refractivity contribution in [2.75, 3.05) is 6.54 Å². The van der Waals surface area contributed by atoms with Gasteiger partial charge in [0.2, 0.25) is 0 Å². The van der Waals surface area contributed by atoms with Crippen LogP contribution in [-0.2, 0) is 6.54 Å². The fourth-order valence-corrected chi connectivity index (χ4v) is 4.29. The molecule has 5 nitrogen and oxygen atoms in total. The van der Waals surface area contributed by atoms with Crippen LogP contribution < -0.4 is 5.32 Å². The summed E-state index contributed by atoms with van der Waals surface area (Å²) in [5, 5.41) is 14.8. The lowest BCUT2D eigenvalue weighted by Gasteiger charge is -2.25. The molecule has 1 fully saturated rings. The number of benzene rings is 2. The Bertz CT molecular complexity index is 1020. The van der Waals surface area contributed by atoms with Crippen molar-refractivity contribution in [3.63, 3.8) is 0 Å². The second-order valence-electron chi connectivity index (χ2n) is 7.27. The number of nitrogens with one attached hydrogen (secondary N) is 1. The van der Waals surface area contributed by atoms with Gasteiger partial charge in [0.1, 0.15) is 5.82 Å². The number of likely N-dealkylation sites (tertiary alicyclic amines) is 1. The number of hydrogen-bond donors (Lipinski definition) is 2. The summed E-state index contributed by atoms with van der Waals surface area (Å²) in [5.74, 6) is -0.648. The molecule has 2 heterocycles. The summed E-state index contributed by atoms with van der Waals surface area (Å²) in [6.07, 6.45) is -0.194. The molecule has 2 aromatic carbocycles. The first-order valence-electron chi connectivity index (χ1n) is 9.66. The van der Waals surface area contributed by atoms with Crippen LogP contribution in [0.15, 0.2) is 66.0 Å². The number of carbonyl (C=O) groups is 2. The summed E-state index contributed by atoms with van der Waals surface area (Å²) in [7, 11) is 0. The summed E-state index contributed by atoms with van der Waals surface area (Å²) in [6.45, 7) is 0.603. The average Bonchev–Trinajstić information content (AvgIpc) is 3.42. The van der Waals surface area contributed by atoms with Gasteiger partial charge in [-0.3, -0.25) is 9.59 Å². The van der Waals surface area contributed by atoms with Crippen molar-refractivity contribution in [2.24, 2.45) is 0 Å². The number of nitrogens with zero attached hydrogens (tertiary/aromatic N) is 1. The van der Waals surface area contributed by atoms with Gasteiger partial charge in [0.25, 0.3) is 11.8 Å². The average molecular weight is 424 g/mol. The maximum atomic E-state index is 13.2. The van der Waals surface area contributed by atoms with Gasteiger partial charge in [-0.15, -0.1) is 11.3 Å². The zero-order valence-electron chi connectivity index (χ0n) is 16.1. The normalized spacial score (nSPS) is 18.4. The Balaban J connectivity index is 1.43. The van der Waals surface area contributed by atoms with Crippen LogP contribution in [0.3, 0.4) is 0 Å². The van der Waals surface area contributed by atoms with E-state index in [9.17, 15) is 19.1 Å². The highest BCUT2D eigenvalue weighted by Crippen LogP contribution is 2.33.